The van der Waals surface area contributed by atoms with Gasteiger partial charge in [0.15, 0.2) is 0 Å². The highest BCUT2D eigenvalue weighted by Crippen LogP contribution is 2.24. The number of rotatable bonds is 5. The quantitative estimate of drug-likeness (QED) is 0.844. The minimum atomic E-state index is -0.120. The van der Waals surface area contributed by atoms with Gasteiger partial charge < -0.3 is 10.6 Å². The fraction of sp³-hybridized carbons (Fsp3) is 0.188. The van der Waals surface area contributed by atoms with Crippen molar-refractivity contribution in [3.05, 3.63) is 58.1 Å². The van der Waals surface area contributed by atoms with Crippen LogP contribution in [0.4, 0.5) is 11.4 Å². The van der Waals surface area contributed by atoms with Gasteiger partial charge in [0.05, 0.1) is 16.6 Å². The molecular formula is C16H16Cl2N2O. The Balaban J connectivity index is 1.87. The van der Waals surface area contributed by atoms with E-state index in [4.69, 9.17) is 23.2 Å². The second kappa shape index (κ2) is 7.34. The van der Waals surface area contributed by atoms with Crippen LogP contribution in [-0.2, 0) is 11.2 Å². The van der Waals surface area contributed by atoms with E-state index in [1.165, 1.54) is 5.56 Å². The Bertz CT molecular complexity index is 627. The Kier molecular flexibility index (Phi) is 5.48. The smallest absolute Gasteiger partial charge is 0.243 e. The highest BCUT2D eigenvalue weighted by atomic mass is 35.5. The summed E-state index contributed by atoms with van der Waals surface area (Å²) in [5, 5.41) is 6.77. The monoisotopic (exact) mass is 322 g/mol. The lowest BCUT2D eigenvalue weighted by atomic mass is 10.1. The van der Waals surface area contributed by atoms with Crippen LogP contribution in [0.5, 0.6) is 0 Å². The van der Waals surface area contributed by atoms with Crippen molar-refractivity contribution in [3.63, 3.8) is 0 Å². The van der Waals surface area contributed by atoms with Gasteiger partial charge in [-0.25, -0.2) is 0 Å². The Morgan fingerprint density at radius 1 is 1.00 bits per heavy atom. The number of carbonyl (C=O) groups excluding carboxylic acids is 1. The summed E-state index contributed by atoms with van der Waals surface area (Å²) in [6.45, 7) is 2.25. The van der Waals surface area contributed by atoms with Crippen LogP contribution in [0.25, 0.3) is 0 Å². The molecule has 2 aromatic rings. The molecule has 0 radical (unpaired) electrons. The number of benzene rings is 2. The Hall–Kier alpha value is -1.71. The Morgan fingerprint density at radius 3 is 2.29 bits per heavy atom. The maximum absolute atomic E-state index is 11.9. The number of amides is 1. The van der Waals surface area contributed by atoms with Gasteiger partial charge in [-0.05, 0) is 42.3 Å². The van der Waals surface area contributed by atoms with Gasteiger partial charge in [0, 0.05) is 11.4 Å². The minimum Gasteiger partial charge on any atom is -0.376 e. The van der Waals surface area contributed by atoms with E-state index in [-0.39, 0.29) is 12.5 Å². The maximum atomic E-state index is 11.9. The lowest BCUT2D eigenvalue weighted by molar-refractivity contribution is -0.114. The zero-order chi connectivity index (χ0) is 15.2. The first kappa shape index (κ1) is 15.7. The molecule has 5 heteroatoms. The van der Waals surface area contributed by atoms with Crippen LogP contribution in [0.3, 0.4) is 0 Å². The third-order valence-electron chi connectivity index (χ3n) is 3.02. The lowest BCUT2D eigenvalue weighted by Gasteiger charge is -2.09. The van der Waals surface area contributed by atoms with Crippen LogP contribution >= 0.6 is 23.2 Å². The zero-order valence-corrected chi connectivity index (χ0v) is 13.1. The number of nitrogens with one attached hydrogen (secondary N) is 2. The first-order chi connectivity index (χ1) is 10.1. The van der Waals surface area contributed by atoms with Crippen LogP contribution in [0.15, 0.2) is 42.5 Å². The van der Waals surface area contributed by atoms with Crippen molar-refractivity contribution in [2.24, 2.45) is 0 Å². The molecule has 0 saturated carbocycles. The molecule has 0 fully saturated rings. The molecule has 2 aromatic carbocycles. The van der Waals surface area contributed by atoms with E-state index in [1.54, 1.807) is 18.2 Å². The number of hydrogen-bond donors (Lipinski definition) is 2. The van der Waals surface area contributed by atoms with E-state index >= 15 is 0 Å². The SMILES string of the molecule is CCc1ccc(NC(=O)CNc2ccc(Cl)c(Cl)c2)cc1. The third kappa shape index (κ3) is 4.66. The number of halogens is 2. The largest absolute Gasteiger partial charge is 0.376 e. The fourth-order valence-electron chi connectivity index (χ4n) is 1.82. The van der Waals surface area contributed by atoms with Gasteiger partial charge in [0.1, 0.15) is 0 Å². The van der Waals surface area contributed by atoms with Gasteiger partial charge in [-0.1, -0.05) is 42.3 Å². The second-order valence-corrected chi connectivity index (χ2v) is 5.40. The maximum Gasteiger partial charge on any atom is 0.243 e. The fourth-order valence-corrected chi connectivity index (χ4v) is 2.12. The molecule has 0 bridgehead atoms. The van der Waals surface area contributed by atoms with Crippen LogP contribution in [0.2, 0.25) is 10.0 Å². The highest BCUT2D eigenvalue weighted by Gasteiger charge is 2.04. The predicted molar refractivity (Wildman–Crippen MR) is 89.4 cm³/mol. The number of aryl methyl sites for hydroxylation is 1. The minimum absolute atomic E-state index is 0.120. The summed E-state index contributed by atoms with van der Waals surface area (Å²) in [6, 6.07) is 13.0. The third-order valence-corrected chi connectivity index (χ3v) is 3.76. The van der Waals surface area contributed by atoms with Crippen LogP contribution in [0.1, 0.15) is 12.5 Å². The molecule has 0 atom stereocenters. The van der Waals surface area contributed by atoms with E-state index < -0.39 is 0 Å². The van der Waals surface area contributed by atoms with Crippen molar-refractivity contribution in [1.29, 1.82) is 0 Å². The summed E-state index contributed by atoms with van der Waals surface area (Å²) in [4.78, 5) is 11.9. The molecule has 0 spiro atoms. The molecule has 0 aliphatic rings. The molecule has 110 valence electrons. The summed E-state index contributed by atoms with van der Waals surface area (Å²) in [6.07, 6.45) is 0.979. The van der Waals surface area contributed by atoms with E-state index in [9.17, 15) is 4.79 Å². The zero-order valence-electron chi connectivity index (χ0n) is 11.6. The van der Waals surface area contributed by atoms with Crippen molar-refractivity contribution >= 4 is 40.5 Å². The number of anilines is 2. The molecule has 3 nitrogen and oxygen atoms in total. The molecule has 0 aromatic heterocycles. The van der Waals surface area contributed by atoms with E-state index in [2.05, 4.69) is 17.6 Å². The van der Waals surface area contributed by atoms with Gasteiger partial charge >= 0.3 is 0 Å². The molecule has 2 N–H and O–H groups in total. The van der Waals surface area contributed by atoms with Crippen molar-refractivity contribution in [3.8, 4) is 0 Å². The van der Waals surface area contributed by atoms with E-state index in [1.807, 2.05) is 24.3 Å². The molecule has 0 unspecified atom stereocenters. The summed E-state index contributed by atoms with van der Waals surface area (Å²) in [7, 11) is 0. The van der Waals surface area contributed by atoms with Crippen LogP contribution in [-0.4, -0.2) is 12.5 Å². The first-order valence-electron chi connectivity index (χ1n) is 6.66. The first-order valence-corrected chi connectivity index (χ1v) is 7.42. The number of carbonyl (C=O) groups is 1. The van der Waals surface area contributed by atoms with Crippen LogP contribution in [0, 0.1) is 0 Å². The van der Waals surface area contributed by atoms with Gasteiger partial charge in [-0.15, -0.1) is 0 Å². The second-order valence-electron chi connectivity index (χ2n) is 4.58. The van der Waals surface area contributed by atoms with Gasteiger partial charge in [-0.3, -0.25) is 4.79 Å². The molecule has 0 heterocycles. The van der Waals surface area contributed by atoms with Crippen molar-refractivity contribution in [2.45, 2.75) is 13.3 Å². The lowest BCUT2D eigenvalue weighted by Crippen LogP contribution is -2.21. The average Bonchev–Trinajstić information content (AvgIpc) is 2.49. The highest BCUT2D eigenvalue weighted by molar-refractivity contribution is 6.42. The molecule has 0 aliphatic carbocycles. The van der Waals surface area contributed by atoms with Gasteiger partial charge in [0.25, 0.3) is 0 Å². The molecule has 0 aliphatic heterocycles. The summed E-state index contributed by atoms with van der Waals surface area (Å²) < 4.78 is 0. The standard InChI is InChI=1S/C16H16Cl2N2O/c1-2-11-3-5-12(6-4-11)20-16(21)10-19-13-7-8-14(17)15(18)9-13/h3-9,19H,2,10H2,1H3,(H,20,21). The predicted octanol–water partition coefficient (Wildman–Crippen LogP) is 4.61. The summed E-state index contributed by atoms with van der Waals surface area (Å²) in [5.41, 5.74) is 2.77. The molecular weight excluding hydrogens is 307 g/mol. The van der Waals surface area contributed by atoms with Gasteiger partial charge in [-0.2, -0.15) is 0 Å². The average molecular weight is 323 g/mol. The van der Waals surface area contributed by atoms with Crippen molar-refractivity contribution in [1.82, 2.24) is 0 Å². The molecule has 21 heavy (non-hydrogen) atoms. The summed E-state index contributed by atoms with van der Waals surface area (Å²) >= 11 is 11.8. The molecule has 1 amide bonds. The Labute approximate surface area is 134 Å². The topological polar surface area (TPSA) is 41.1 Å². The van der Waals surface area contributed by atoms with Crippen molar-refractivity contribution in [2.75, 3.05) is 17.2 Å². The van der Waals surface area contributed by atoms with Crippen molar-refractivity contribution < 1.29 is 4.79 Å². The Morgan fingerprint density at radius 2 is 1.67 bits per heavy atom. The van der Waals surface area contributed by atoms with E-state index in [0.29, 0.717) is 10.0 Å². The normalized spacial score (nSPS) is 10.2. The number of hydrogen-bond acceptors (Lipinski definition) is 2. The summed E-state index contributed by atoms with van der Waals surface area (Å²) in [5.74, 6) is -0.120. The molecule has 2 rings (SSSR count). The van der Waals surface area contributed by atoms with E-state index in [0.717, 1.165) is 17.8 Å². The van der Waals surface area contributed by atoms with Gasteiger partial charge in [0.2, 0.25) is 5.91 Å². The molecule has 0 saturated heterocycles. The van der Waals surface area contributed by atoms with Crippen LogP contribution < -0.4 is 10.6 Å².